The van der Waals surface area contributed by atoms with Crippen molar-refractivity contribution in [2.45, 2.75) is 167 Å². The number of rotatable bonds is 0. The predicted octanol–water partition coefficient (Wildman–Crippen LogP) is 10.6. The van der Waals surface area contributed by atoms with E-state index in [2.05, 4.69) is 22.0 Å². The van der Waals surface area contributed by atoms with Crippen molar-refractivity contribution in [1.82, 2.24) is 9.80 Å². The maximum absolute atomic E-state index is 2.75. The highest BCUT2D eigenvalue weighted by atomic mass is 15.1. The maximum Gasteiger partial charge on any atom is 0.0192 e. The summed E-state index contributed by atoms with van der Waals surface area (Å²) in [4.78, 5) is 5.50. The van der Waals surface area contributed by atoms with Gasteiger partial charge in [-0.2, -0.15) is 0 Å². The third-order valence-corrected chi connectivity index (χ3v) is 9.55. The summed E-state index contributed by atoms with van der Waals surface area (Å²) in [5.74, 6) is 0. The molecule has 2 atom stereocenters. The minimum Gasteiger partial charge on any atom is -0.299 e. The van der Waals surface area contributed by atoms with Gasteiger partial charge in [-0.3, -0.25) is 9.80 Å². The van der Waals surface area contributed by atoms with Crippen LogP contribution in [0.5, 0.6) is 0 Å². The molecule has 0 aromatic carbocycles. The van der Waals surface area contributed by atoms with Crippen molar-refractivity contribution in [1.29, 1.82) is 0 Å². The van der Waals surface area contributed by atoms with E-state index in [9.17, 15) is 0 Å². The lowest BCUT2D eigenvalue weighted by Crippen LogP contribution is -2.30. The molecule has 0 radical (unpaired) electrons. The molecule has 0 amide bonds. The fourth-order valence-corrected chi connectivity index (χ4v) is 7.07. The van der Waals surface area contributed by atoms with Gasteiger partial charge >= 0.3 is 0 Å². The van der Waals surface area contributed by atoms with Gasteiger partial charge in [-0.25, -0.2) is 0 Å². The lowest BCUT2D eigenvalue weighted by molar-refractivity contribution is 0.278. The normalized spacial score (nSPS) is 28.6. The van der Waals surface area contributed by atoms with Crippen LogP contribution in [-0.4, -0.2) is 49.1 Å². The van der Waals surface area contributed by atoms with Crippen molar-refractivity contribution < 1.29 is 0 Å². The minimum absolute atomic E-state index is 1.27. The van der Waals surface area contributed by atoms with E-state index in [-0.39, 0.29) is 0 Å². The van der Waals surface area contributed by atoms with Gasteiger partial charge in [0.05, 0.1) is 0 Å². The standard InChI is InChI=1S/C36H66N2/c1-3-7-11-15-19-25-35-27-23-32-38(33-35)30-22-18-14-10-6-2-4-8-12-16-20-26-36-28-24-31-37(34-36)29-21-17-13-9-5-1/h27-28H,1-26,29-34H2. The Morgan fingerprint density at radius 2 is 0.605 bits per heavy atom. The van der Waals surface area contributed by atoms with E-state index in [1.807, 2.05) is 0 Å². The van der Waals surface area contributed by atoms with E-state index in [0.717, 1.165) is 0 Å². The molecule has 3 heterocycles. The third-order valence-electron chi connectivity index (χ3n) is 9.55. The van der Waals surface area contributed by atoms with Crippen molar-refractivity contribution in [3.63, 3.8) is 0 Å². The molecule has 3 rings (SSSR count). The van der Waals surface area contributed by atoms with Gasteiger partial charge in [-0.05, 0) is 64.5 Å². The van der Waals surface area contributed by atoms with Gasteiger partial charge in [0.2, 0.25) is 0 Å². The summed E-state index contributed by atoms with van der Waals surface area (Å²) >= 11 is 0. The molecular formula is C36H66N2. The quantitative estimate of drug-likeness (QED) is 0.290. The molecule has 0 aromatic rings. The van der Waals surface area contributed by atoms with E-state index in [1.165, 1.54) is 206 Å². The van der Waals surface area contributed by atoms with Crippen LogP contribution in [0.2, 0.25) is 0 Å². The Balaban J connectivity index is 1.29. The summed E-state index contributed by atoms with van der Waals surface area (Å²) in [7, 11) is 0. The lowest BCUT2D eigenvalue weighted by Gasteiger charge is -2.27. The highest BCUT2D eigenvalue weighted by molar-refractivity contribution is 5.08. The van der Waals surface area contributed by atoms with Gasteiger partial charge in [0.15, 0.2) is 0 Å². The van der Waals surface area contributed by atoms with Crippen LogP contribution in [0.15, 0.2) is 23.3 Å². The molecule has 0 spiro atoms. The van der Waals surface area contributed by atoms with E-state index in [0.29, 0.717) is 0 Å². The van der Waals surface area contributed by atoms with E-state index in [4.69, 9.17) is 0 Å². The topological polar surface area (TPSA) is 6.48 Å². The third kappa shape index (κ3) is 15.9. The van der Waals surface area contributed by atoms with E-state index >= 15 is 0 Å². The van der Waals surface area contributed by atoms with Crippen molar-refractivity contribution in [3.05, 3.63) is 23.3 Å². The Morgan fingerprint density at radius 1 is 0.316 bits per heavy atom. The first-order chi connectivity index (χ1) is 18.9. The van der Waals surface area contributed by atoms with Crippen molar-refractivity contribution in [3.8, 4) is 0 Å². The van der Waals surface area contributed by atoms with E-state index < -0.39 is 0 Å². The zero-order valence-corrected chi connectivity index (χ0v) is 25.7. The monoisotopic (exact) mass is 527 g/mol. The van der Waals surface area contributed by atoms with Gasteiger partial charge < -0.3 is 0 Å². The molecule has 0 aromatic heterocycles. The lowest BCUT2D eigenvalue weighted by atomic mass is 10.00. The van der Waals surface area contributed by atoms with Gasteiger partial charge in [0, 0.05) is 26.2 Å². The largest absolute Gasteiger partial charge is 0.299 e. The van der Waals surface area contributed by atoms with Gasteiger partial charge in [0.25, 0.3) is 0 Å². The second kappa shape index (κ2) is 22.1. The Labute approximate surface area is 239 Å². The first-order valence-electron chi connectivity index (χ1n) is 17.7. The summed E-state index contributed by atoms with van der Waals surface area (Å²) in [6.07, 6.45) is 42.5. The fraction of sp³-hybridized carbons (Fsp3) is 0.889. The molecule has 1 saturated heterocycles. The van der Waals surface area contributed by atoms with Gasteiger partial charge in [-0.1, -0.05) is 139 Å². The fourth-order valence-electron chi connectivity index (χ4n) is 7.07. The number of nitrogens with zero attached hydrogens (tertiary/aromatic N) is 2. The zero-order valence-electron chi connectivity index (χ0n) is 25.7. The van der Waals surface area contributed by atoms with Crippen LogP contribution < -0.4 is 0 Å². The van der Waals surface area contributed by atoms with Crippen LogP contribution in [0.1, 0.15) is 167 Å². The van der Waals surface area contributed by atoms with Crippen LogP contribution in [0.3, 0.4) is 0 Å². The summed E-state index contributed by atoms with van der Waals surface area (Å²) in [5.41, 5.74) is 3.50. The first kappa shape index (κ1) is 31.9. The average Bonchev–Trinajstić information content (AvgIpc) is 2.94. The molecule has 0 saturated carbocycles. The highest BCUT2D eigenvalue weighted by Crippen LogP contribution is 2.21. The van der Waals surface area contributed by atoms with E-state index in [1.54, 1.807) is 11.1 Å². The molecule has 2 heteroatoms. The molecule has 0 aliphatic carbocycles. The van der Waals surface area contributed by atoms with Crippen LogP contribution in [0.25, 0.3) is 0 Å². The Hall–Kier alpha value is -0.600. The maximum atomic E-state index is 2.75. The summed E-state index contributed by atoms with van der Waals surface area (Å²) in [6.45, 7) is 7.84. The molecule has 38 heavy (non-hydrogen) atoms. The average molecular weight is 527 g/mol. The molecule has 2 unspecified atom stereocenters. The number of hydrogen-bond acceptors (Lipinski definition) is 2. The van der Waals surface area contributed by atoms with Crippen LogP contribution in [0.4, 0.5) is 0 Å². The van der Waals surface area contributed by atoms with Crippen molar-refractivity contribution in [2.75, 3.05) is 39.3 Å². The Morgan fingerprint density at radius 3 is 0.947 bits per heavy atom. The Bertz CT molecular complexity index is 567. The Kier molecular flexibility index (Phi) is 18.6. The molecule has 3 aliphatic heterocycles. The minimum atomic E-state index is 1.27. The predicted molar refractivity (Wildman–Crippen MR) is 169 cm³/mol. The summed E-state index contributed by atoms with van der Waals surface area (Å²) in [6, 6.07) is 0. The second-order valence-electron chi connectivity index (χ2n) is 13.1. The van der Waals surface area contributed by atoms with Crippen molar-refractivity contribution in [2.24, 2.45) is 0 Å². The van der Waals surface area contributed by atoms with Crippen molar-refractivity contribution >= 4 is 0 Å². The molecule has 3 aliphatic rings. The molecule has 0 N–H and O–H groups in total. The number of fused-ring (bicyclic) bond motifs is 4. The molecule has 2 nitrogen and oxygen atoms in total. The molecular weight excluding hydrogens is 460 g/mol. The molecule has 4 bridgehead atoms. The molecule has 1 fully saturated rings. The first-order valence-corrected chi connectivity index (χ1v) is 17.7. The highest BCUT2D eigenvalue weighted by Gasteiger charge is 2.13. The van der Waals surface area contributed by atoms with Crippen LogP contribution >= 0.6 is 0 Å². The zero-order chi connectivity index (χ0) is 26.4. The summed E-state index contributed by atoms with van der Waals surface area (Å²) < 4.78 is 0. The molecule has 220 valence electrons. The smallest absolute Gasteiger partial charge is 0.0192 e. The van der Waals surface area contributed by atoms with Crippen LogP contribution in [-0.2, 0) is 0 Å². The summed E-state index contributed by atoms with van der Waals surface area (Å²) in [5, 5.41) is 0. The second-order valence-corrected chi connectivity index (χ2v) is 13.1. The van der Waals surface area contributed by atoms with Gasteiger partial charge in [-0.15, -0.1) is 0 Å². The van der Waals surface area contributed by atoms with Crippen LogP contribution in [0, 0.1) is 0 Å². The van der Waals surface area contributed by atoms with Gasteiger partial charge in [0.1, 0.15) is 0 Å². The SMILES string of the molecule is C1=C2CCCCCCCCCCCCCN3CCC=C(CCCCCCCCCCCCCN(CC1)C2)C3. The number of hydrogen-bond donors (Lipinski definition) is 0.